The molecule has 0 saturated heterocycles. The fourth-order valence-corrected chi connectivity index (χ4v) is 1.37. The Kier molecular flexibility index (Phi) is 5.29. The van der Waals surface area contributed by atoms with Crippen molar-refractivity contribution in [2.45, 2.75) is 26.3 Å². The molecule has 0 bridgehead atoms. The molecule has 0 heterocycles. The van der Waals surface area contributed by atoms with E-state index in [1.165, 1.54) is 12.1 Å². The highest BCUT2D eigenvalue weighted by Crippen LogP contribution is 2.12. The molecule has 0 aromatic heterocycles. The van der Waals surface area contributed by atoms with Gasteiger partial charge in [-0.2, -0.15) is 0 Å². The molecule has 1 amide bonds. The number of anilines is 1. The number of hydrogen-bond donors (Lipinski definition) is 2. The highest BCUT2D eigenvalue weighted by atomic mass is 19.1. The van der Waals surface area contributed by atoms with Gasteiger partial charge in [-0.3, -0.25) is 4.79 Å². The summed E-state index contributed by atoms with van der Waals surface area (Å²) in [4.78, 5) is 22.8. The molecule has 1 aromatic carbocycles. The maximum Gasteiger partial charge on any atom is 0.338 e. The summed E-state index contributed by atoms with van der Waals surface area (Å²) in [6.07, 6.45) is 0.0708. The first kappa shape index (κ1) is 14.9. The fourth-order valence-electron chi connectivity index (χ4n) is 1.37. The quantitative estimate of drug-likeness (QED) is 0.626. The van der Waals surface area contributed by atoms with Gasteiger partial charge < -0.3 is 15.8 Å². The van der Waals surface area contributed by atoms with E-state index in [4.69, 9.17) is 10.5 Å². The van der Waals surface area contributed by atoms with E-state index in [-0.39, 0.29) is 36.2 Å². The molecule has 5 nitrogen and oxygen atoms in total. The Labute approximate surface area is 110 Å². The summed E-state index contributed by atoms with van der Waals surface area (Å²) in [5.74, 6) is -1.56. The number of amides is 1. The zero-order valence-electron chi connectivity index (χ0n) is 10.9. The highest BCUT2D eigenvalue weighted by molar-refractivity contribution is 5.90. The van der Waals surface area contributed by atoms with Crippen LogP contribution in [0.4, 0.5) is 10.1 Å². The minimum Gasteiger partial charge on any atom is -0.462 e. The lowest BCUT2D eigenvalue weighted by atomic mass is 10.2. The van der Waals surface area contributed by atoms with Crippen LogP contribution >= 0.6 is 0 Å². The van der Waals surface area contributed by atoms with E-state index >= 15 is 0 Å². The fraction of sp³-hybridized carbons (Fsp3) is 0.385. The molecular formula is C13H17FN2O3. The van der Waals surface area contributed by atoms with E-state index in [0.29, 0.717) is 0 Å². The van der Waals surface area contributed by atoms with Crippen LogP contribution < -0.4 is 11.1 Å². The molecule has 0 fully saturated rings. The molecule has 0 atom stereocenters. The third-order valence-electron chi connectivity index (χ3n) is 2.25. The van der Waals surface area contributed by atoms with Crippen LogP contribution in [0.1, 0.15) is 30.6 Å². The number of nitrogens with two attached hydrogens (primary N) is 1. The number of ether oxygens (including phenoxy) is 1. The van der Waals surface area contributed by atoms with Gasteiger partial charge in [0.25, 0.3) is 0 Å². The first-order valence-electron chi connectivity index (χ1n) is 5.91. The first-order valence-corrected chi connectivity index (χ1v) is 5.91. The van der Waals surface area contributed by atoms with Gasteiger partial charge in [0.05, 0.1) is 17.7 Å². The van der Waals surface area contributed by atoms with Crippen LogP contribution in [0.3, 0.4) is 0 Å². The van der Waals surface area contributed by atoms with Gasteiger partial charge in [-0.25, -0.2) is 9.18 Å². The first-order chi connectivity index (χ1) is 8.90. The van der Waals surface area contributed by atoms with E-state index < -0.39 is 11.8 Å². The summed E-state index contributed by atoms with van der Waals surface area (Å²) in [6, 6.07) is 3.70. The Morgan fingerprint density at radius 1 is 1.42 bits per heavy atom. The zero-order chi connectivity index (χ0) is 14.4. The Morgan fingerprint density at radius 3 is 2.68 bits per heavy atom. The van der Waals surface area contributed by atoms with E-state index in [2.05, 4.69) is 5.32 Å². The Hall–Kier alpha value is -2.11. The molecule has 1 aromatic rings. The zero-order valence-corrected chi connectivity index (χ0v) is 10.9. The lowest BCUT2D eigenvalue weighted by Crippen LogP contribution is -2.31. The van der Waals surface area contributed by atoms with Crippen LogP contribution in [-0.4, -0.2) is 24.5 Å². The molecule has 0 saturated carbocycles. The molecule has 104 valence electrons. The number of benzene rings is 1. The number of carbonyl (C=O) groups is 2. The van der Waals surface area contributed by atoms with Crippen LogP contribution in [0.2, 0.25) is 0 Å². The van der Waals surface area contributed by atoms with Gasteiger partial charge in [0.15, 0.2) is 0 Å². The SMILES string of the molecule is CC(C)NC(=O)CCOC(=O)c1ccc(N)c(F)c1. The molecule has 3 N–H and O–H groups in total. The van der Waals surface area contributed by atoms with Gasteiger partial charge in [-0.15, -0.1) is 0 Å². The summed E-state index contributed by atoms with van der Waals surface area (Å²) in [5, 5.41) is 2.67. The van der Waals surface area contributed by atoms with Gasteiger partial charge in [0.1, 0.15) is 12.4 Å². The number of halogens is 1. The minimum atomic E-state index is -0.684. The van der Waals surface area contributed by atoms with Gasteiger partial charge in [0.2, 0.25) is 5.91 Å². The molecule has 1 rings (SSSR count). The van der Waals surface area contributed by atoms with Crippen LogP contribution in [0.5, 0.6) is 0 Å². The van der Waals surface area contributed by atoms with Gasteiger partial charge in [0, 0.05) is 6.04 Å². The number of esters is 1. The van der Waals surface area contributed by atoms with Crippen molar-refractivity contribution in [1.82, 2.24) is 5.32 Å². The van der Waals surface area contributed by atoms with Crippen molar-refractivity contribution in [1.29, 1.82) is 0 Å². The van der Waals surface area contributed by atoms with E-state index in [0.717, 1.165) is 6.07 Å². The summed E-state index contributed by atoms with van der Waals surface area (Å²) >= 11 is 0. The van der Waals surface area contributed by atoms with Crippen molar-refractivity contribution in [3.8, 4) is 0 Å². The predicted octanol–water partition coefficient (Wildman–Crippen LogP) is 1.48. The number of carbonyl (C=O) groups excluding carboxylic acids is 2. The third kappa shape index (κ3) is 4.95. The molecular weight excluding hydrogens is 251 g/mol. The third-order valence-corrected chi connectivity index (χ3v) is 2.25. The number of hydrogen-bond acceptors (Lipinski definition) is 4. The smallest absolute Gasteiger partial charge is 0.338 e. The summed E-state index contributed by atoms with van der Waals surface area (Å²) in [7, 11) is 0. The summed E-state index contributed by atoms with van der Waals surface area (Å²) < 4.78 is 18.0. The van der Waals surface area contributed by atoms with Gasteiger partial charge in [-0.1, -0.05) is 0 Å². The van der Waals surface area contributed by atoms with Crippen LogP contribution in [0.15, 0.2) is 18.2 Å². The lowest BCUT2D eigenvalue weighted by Gasteiger charge is -2.08. The lowest BCUT2D eigenvalue weighted by molar-refractivity contribution is -0.122. The standard InChI is InChI=1S/C13H17FN2O3/c1-8(2)16-12(17)5-6-19-13(18)9-3-4-11(15)10(14)7-9/h3-4,7-8H,5-6,15H2,1-2H3,(H,16,17). The minimum absolute atomic E-state index is 0.0344. The van der Waals surface area contributed by atoms with Crippen LogP contribution in [0.25, 0.3) is 0 Å². The molecule has 0 radical (unpaired) electrons. The van der Waals surface area contributed by atoms with Crippen molar-refractivity contribution in [2.75, 3.05) is 12.3 Å². The largest absolute Gasteiger partial charge is 0.462 e. The Balaban J connectivity index is 2.43. The second kappa shape index (κ2) is 6.72. The highest BCUT2D eigenvalue weighted by Gasteiger charge is 2.11. The van der Waals surface area contributed by atoms with Crippen LogP contribution in [0, 0.1) is 5.82 Å². The molecule has 0 unspecified atom stereocenters. The van der Waals surface area contributed by atoms with E-state index in [9.17, 15) is 14.0 Å². The van der Waals surface area contributed by atoms with Crippen molar-refractivity contribution >= 4 is 17.6 Å². The van der Waals surface area contributed by atoms with Crippen LogP contribution in [-0.2, 0) is 9.53 Å². The second-order valence-electron chi connectivity index (χ2n) is 4.34. The van der Waals surface area contributed by atoms with Crippen molar-refractivity contribution in [3.63, 3.8) is 0 Å². The molecule has 6 heteroatoms. The topological polar surface area (TPSA) is 81.4 Å². The molecule has 0 aliphatic rings. The Bertz CT molecular complexity index is 475. The normalized spacial score (nSPS) is 10.3. The van der Waals surface area contributed by atoms with Gasteiger partial charge >= 0.3 is 5.97 Å². The number of nitrogen functional groups attached to an aromatic ring is 1. The van der Waals surface area contributed by atoms with Gasteiger partial charge in [-0.05, 0) is 32.0 Å². The average Bonchev–Trinajstić information content (AvgIpc) is 2.31. The predicted molar refractivity (Wildman–Crippen MR) is 69.0 cm³/mol. The average molecular weight is 268 g/mol. The van der Waals surface area contributed by atoms with E-state index in [1.807, 2.05) is 13.8 Å². The maximum absolute atomic E-state index is 13.1. The van der Waals surface area contributed by atoms with E-state index in [1.54, 1.807) is 0 Å². The second-order valence-corrected chi connectivity index (χ2v) is 4.34. The van der Waals surface area contributed by atoms with Crippen molar-refractivity contribution < 1.29 is 18.7 Å². The summed E-state index contributed by atoms with van der Waals surface area (Å²) in [6.45, 7) is 3.62. The molecule has 0 aliphatic carbocycles. The van der Waals surface area contributed by atoms with Crippen molar-refractivity contribution in [2.24, 2.45) is 0 Å². The maximum atomic E-state index is 13.1. The molecule has 0 spiro atoms. The summed E-state index contributed by atoms with van der Waals surface area (Å²) in [5.41, 5.74) is 5.33. The number of nitrogens with one attached hydrogen (secondary N) is 1. The molecule has 0 aliphatic heterocycles. The Morgan fingerprint density at radius 2 is 2.11 bits per heavy atom. The monoisotopic (exact) mass is 268 g/mol. The molecule has 19 heavy (non-hydrogen) atoms. The van der Waals surface area contributed by atoms with Crippen molar-refractivity contribution in [3.05, 3.63) is 29.6 Å². The number of rotatable bonds is 5.